The van der Waals surface area contributed by atoms with Crippen molar-refractivity contribution in [1.29, 1.82) is 0 Å². The Morgan fingerprint density at radius 1 is 1.64 bits per heavy atom. The minimum Gasteiger partial charge on any atom is -0.343 e. The average molecular weight is 149 g/mol. The number of aromatic nitrogens is 1. The molecule has 1 N–H and O–H groups in total. The number of anilines is 1. The maximum absolute atomic E-state index is 3.96. The van der Waals surface area contributed by atoms with E-state index in [1.807, 2.05) is 19.1 Å². The molecule has 58 valence electrons. The summed E-state index contributed by atoms with van der Waals surface area (Å²) in [6.45, 7) is 1.91. The summed E-state index contributed by atoms with van der Waals surface area (Å²) in [5.41, 5.74) is 0.968. The van der Waals surface area contributed by atoms with E-state index in [-0.39, 0.29) is 0 Å². The molecule has 0 aliphatic carbocycles. The van der Waals surface area contributed by atoms with Crippen molar-refractivity contribution >= 4 is 11.5 Å². The summed E-state index contributed by atoms with van der Waals surface area (Å²) in [5, 5.41) is 3.08. The van der Waals surface area contributed by atoms with Gasteiger partial charge in [0.05, 0.1) is 17.7 Å². The highest BCUT2D eigenvalue weighted by atomic mass is 15.0. The molecule has 1 aromatic rings. The van der Waals surface area contributed by atoms with Crippen LogP contribution < -0.4 is 5.32 Å². The van der Waals surface area contributed by atoms with Crippen molar-refractivity contribution in [2.24, 2.45) is 4.99 Å². The first-order chi connectivity index (χ1) is 5.33. The van der Waals surface area contributed by atoms with Crippen LogP contribution in [0.25, 0.3) is 0 Å². The van der Waals surface area contributed by atoms with Gasteiger partial charge in [-0.1, -0.05) is 0 Å². The Labute approximate surface area is 66.2 Å². The number of nitrogens with zero attached hydrogens (tertiary/aromatic N) is 2. The second-order valence-electron chi connectivity index (χ2n) is 2.18. The average Bonchev–Trinajstić information content (AvgIpc) is 2.06. The third kappa shape index (κ3) is 2.37. The maximum atomic E-state index is 3.96. The van der Waals surface area contributed by atoms with Crippen LogP contribution in [0.4, 0.5) is 5.69 Å². The van der Waals surface area contributed by atoms with Crippen LogP contribution in [0.1, 0.15) is 6.92 Å². The van der Waals surface area contributed by atoms with Gasteiger partial charge in [-0.15, -0.1) is 0 Å². The highest BCUT2D eigenvalue weighted by molar-refractivity contribution is 5.93. The van der Waals surface area contributed by atoms with Gasteiger partial charge < -0.3 is 5.32 Å². The molecule has 1 rings (SSSR count). The van der Waals surface area contributed by atoms with E-state index >= 15 is 0 Å². The molecule has 3 heteroatoms. The van der Waals surface area contributed by atoms with E-state index in [4.69, 9.17) is 0 Å². The Bertz CT molecular complexity index is 241. The molecule has 0 bridgehead atoms. The van der Waals surface area contributed by atoms with Gasteiger partial charge in [-0.05, 0) is 19.1 Å². The molecule has 0 aliphatic rings. The number of amidine groups is 1. The highest BCUT2D eigenvalue weighted by Gasteiger charge is 1.89. The lowest BCUT2D eigenvalue weighted by Crippen LogP contribution is -2.06. The van der Waals surface area contributed by atoms with Crippen LogP contribution in [0.3, 0.4) is 0 Å². The zero-order chi connectivity index (χ0) is 8.10. The fraction of sp³-hybridized carbons (Fsp3) is 0.250. The van der Waals surface area contributed by atoms with E-state index in [0.29, 0.717) is 0 Å². The lowest BCUT2D eigenvalue weighted by atomic mass is 10.4. The Hall–Kier alpha value is -1.38. The van der Waals surface area contributed by atoms with Gasteiger partial charge in [0, 0.05) is 13.2 Å². The van der Waals surface area contributed by atoms with E-state index < -0.39 is 0 Å². The lowest BCUT2D eigenvalue weighted by molar-refractivity contribution is 1.32. The summed E-state index contributed by atoms with van der Waals surface area (Å²) in [7, 11) is 1.75. The molecule has 0 radical (unpaired) electrons. The summed E-state index contributed by atoms with van der Waals surface area (Å²) in [4.78, 5) is 7.92. The molecule has 0 unspecified atom stereocenters. The fourth-order valence-electron chi connectivity index (χ4n) is 0.701. The summed E-state index contributed by atoms with van der Waals surface area (Å²) in [6, 6.07) is 3.83. The molecule has 0 atom stereocenters. The second kappa shape index (κ2) is 3.71. The van der Waals surface area contributed by atoms with Crippen molar-refractivity contribution in [3.05, 3.63) is 24.5 Å². The summed E-state index contributed by atoms with van der Waals surface area (Å²) in [5.74, 6) is 0.887. The smallest absolute Gasteiger partial charge is 0.0972 e. The molecular weight excluding hydrogens is 138 g/mol. The largest absolute Gasteiger partial charge is 0.343 e. The SMILES string of the molecule is CN=C(C)Nc1cccnc1. The predicted molar refractivity (Wildman–Crippen MR) is 46.9 cm³/mol. The van der Waals surface area contributed by atoms with Crippen molar-refractivity contribution in [3.8, 4) is 0 Å². The molecule has 0 saturated heterocycles. The first-order valence-corrected chi connectivity index (χ1v) is 3.43. The first kappa shape index (κ1) is 7.72. The summed E-state index contributed by atoms with van der Waals surface area (Å²) >= 11 is 0. The number of pyridine rings is 1. The maximum Gasteiger partial charge on any atom is 0.0972 e. The molecule has 0 aromatic carbocycles. The number of nitrogens with one attached hydrogen (secondary N) is 1. The first-order valence-electron chi connectivity index (χ1n) is 3.43. The van der Waals surface area contributed by atoms with Gasteiger partial charge in [0.1, 0.15) is 0 Å². The quantitative estimate of drug-likeness (QED) is 0.485. The van der Waals surface area contributed by atoms with Crippen molar-refractivity contribution in [2.75, 3.05) is 12.4 Å². The molecule has 1 aromatic heterocycles. The number of rotatable bonds is 1. The summed E-state index contributed by atoms with van der Waals surface area (Å²) in [6.07, 6.45) is 3.50. The standard InChI is InChI=1S/C8H11N3/c1-7(9-2)11-8-4-3-5-10-6-8/h3-6H,1-2H3,(H,9,11). The van der Waals surface area contributed by atoms with Crippen LogP contribution in [0.5, 0.6) is 0 Å². The van der Waals surface area contributed by atoms with Gasteiger partial charge in [-0.3, -0.25) is 9.98 Å². The highest BCUT2D eigenvalue weighted by Crippen LogP contribution is 2.01. The summed E-state index contributed by atoms with van der Waals surface area (Å²) < 4.78 is 0. The number of hydrogen-bond acceptors (Lipinski definition) is 2. The Kier molecular flexibility index (Phi) is 2.60. The van der Waals surface area contributed by atoms with Gasteiger partial charge in [0.15, 0.2) is 0 Å². The topological polar surface area (TPSA) is 37.3 Å². The van der Waals surface area contributed by atoms with Crippen LogP contribution in [0.2, 0.25) is 0 Å². The molecule has 1 heterocycles. The number of hydrogen-bond donors (Lipinski definition) is 1. The molecule has 0 spiro atoms. The molecular formula is C8H11N3. The minimum absolute atomic E-state index is 0.887. The third-order valence-electron chi connectivity index (χ3n) is 1.32. The Morgan fingerprint density at radius 3 is 3.00 bits per heavy atom. The van der Waals surface area contributed by atoms with Gasteiger partial charge >= 0.3 is 0 Å². The van der Waals surface area contributed by atoms with Crippen LogP contribution in [-0.4, -0.2) is 17.9 Å². The van der Waals surface area contributed by atoms with E-state index in [1.165, 1.54) is 0 Å². The molecule has 0 amide bonds. The van der Waals surface area contributed by atoms with Crippen LogP contribution in [-0.2, 0) is 0 Å². The van der Waals surface area contributed by atoms with Crippen molar-refractivity contribution in [1.82, 2.24) is 4.98 Å². The lowest BCUT2D eigenvalue weighted by Gasteiger charge is -2.02. The van der Waals surface area contributed by atoms with Gasteiger partial charge in [-0.2, -0.15) is 0 Å². The molecule has 0 aliphatic heterocycles. The number of aliphatic imine (C=N–C) groups is 1. The normalized spacial score (nSPS) is 11.3. The van der Waals surface area contributed by atoms with E-state index in [2.05, 4.69) is 15.3 Å². The van der Waals surface area contributed by atoms with Crippen molar-refractivity contribution < 1.29 is 0 Å². The molecule has 0 saturated carbocycles. The third-order valence-corrected chi connectivity index (χ3v) is 1.32. The predicted octanol–water partition coefficient (Wildman–Crippen LogP) is 1.54. The van der Waals surface area contributed by atoms with Gasteiger partial charge in [0.25, 0.3) is 0 Å². The van der Waals surface area contributed by atoms with E-state index in [0.717, 1.165) is 11.5 Å². The van der Waals surface area contributed by atoms with Crippen LogP contribution >= 0.6 is 0 Å². The zero-order valence-electron chi connectivity index (χ0n) is 6.70. The Balaban J connectivity index is 2.65. The van der Waals surface area contributed by atoms with Crippen molar-refractivity contribution in [3.63, 3.8) is 0 Å². The minimum atomic E-state index is 0.887. The van der Waals surface area contributed by atoms with Crippen LogP contribution in [0, 0.1) is 0 Å². The monoisotopic (exact) mass is 149 g/mol. The van der Waals surface area contributed by atoms with Gasteiger partial charge in [0.2, 0.25) is 0 Å². The van der Waals surface area contributed by atoms with Crippen molar-refractivity contribution in [2.45, 2.75) is 6.92 Å². The Morgan fingerprint density at radius 2 is 2.45 bits per heavy atom. The zero-order valence-corrected chi connectivity index (χ0v) is 6.70. The van der Waals surface area contributed by atoms with E-state index in [9.17, 15) is 0 Å². The molecule has 0 fully saturated rings. The van der Waals surface area contributed by atoms with Crippen LogP contribution in [0.15, 0.2) is 29.5 Å². The molecule has 3 nitrogen and oxygen atoms in total. The second-order valence-corrected chi connectivity index (χ2v) is 2.18. The van der Waals surface area contributed by atoms with E-state index in [1.54, 1.807) is 19.4 Å². The van der Waals surface area contributed by atoms with Gasteiger partial charge in [-0.25, -0.2) is 0 Å². The molecule has 11 heavy (non-hydrogen) atoms. The fourth-order valence-corrected chi connectivity index (χ4v) is 0.701.